The van der Waals surface area contributed by atoms with Gasteiger partial charge in [0.15, 0.2) is 5.69 Å². The molecule has 0 bridgehead atoms. The van der Waals surface area contributed by atoms with E-state index >= 15 is 0 Å². The van der Waals surface area contributed by atoms with E-state index in [0.717, 1.165) is 50.6 Å². The molecule has 8 heteroatoms. The molecule has 0 N–H and O–H groups in total. The second kappa shape index (κ2) is 11.5. The predicted molar refractivity (Wildman–Crippen MR) is 112 cm³/mol. The van der Waals surface area contributed by atoms with Gasteiger partial charge in [-0.1, -0.05) is 18.2 Å². The van der Waals surface area contributed by atoms with E-state index in [0.29, 0.717) is 31.8 Å². The van der Waals surface area contributed by atoms with E-state index in [4.69, 9.17) is 14.7 Å². The highest BCUT2D eigenvalue weighted by Crippen LogP contribution is 2.16. The second-order valence-electron chi connectivity index (χ2n) is 7.14. The third kappa shape index (κ3) is 6.13. The molecule has 2 heterocycles. The Morgan fingerprint density at radius 2 is 2.03 bits per heavy atom. The Kier molecular flexibility index (Phi) is 8.39. The van der Waals surface area contributed by atoms with Crippen molar-refractivity contribution in [2.24, 2.45) is 0 Å². The van der Waals surface area contributed by atoms with Gasteiger partial charge in [-0.2, -0.15) is 10.4 Å². The standard InChI is InChI=1S/C22H29N5O3/c1-2-30-22(28)21-19(18-27(24-21)20-7-4-3-5-8-20)17-26(10-6-9-23)12-11-25-13-15-29-16-14-25/h3-5,7-8,18H,2,6,10-17H2,1H3. The first-order valence-corrected chi connectivity index (χ1v) is 10.4. The lowest BCUT2D eigenvalue weighted by Gasteiger charge is -2.29. The van der Waals surface area contributed by atoms with Crippen LogP contribution < -0.4 is 0 Å². The Bertz CT molecular complexity index is 840. The molecule has 8 nitrogen and oxygen atoms in total. The minimum Gasteiger partial charge on any atom is -0.461 e. The molecule has 0 aliphatic carbocycles. The Morgan fingerprint density at radius 1 is 1.27 bits per heavy atom. The van der Waals surface area contributed by atoms with E-state index in [9.17, 15) is 4.79 Å². The van der Waals surface area contributed by atoms with Gasteiger partial charge < -0.3 is 9.47 Å². The van der Waals surface area contributed by atoms with Gasteiger partial charge in [-0.25, -0.2) is 9.48 Å². The van der Waals surface area contributed by atoms with Crippen LogP contribution >= 0.6 is 0 Å². The van der Waals surface area contributed by atoms with E-state index in [1.165, 1.54) is 0 Å². The number of aromatic nitrogens is 2. The Balaban J connectivity index is 1.77. The molecule has 1 aromatic heterocycles. The minimum absolute atomic E-state index is 0.297. The zero-order valence-corrected chi connectivity index (χ0v) is 17.5. The maximum Gasteiger partial charge on any atom is 0.359 e. The molecule has 3 rings (SSSR count). The highest BCUT2D eigenvalue weighted by molar-refractivity contribution is 5.88. The number of nitrogens with zero attached hydrogens (tertiary/aromatic N) is 5. The number of para-hydroxylation sites is 1. The summed E-state index contributed by atoms with van der Waals surface area (Å²) in [6, 6.07) is 11.9. The number of ether oxygens (including phenoxy) is 2. The smallest absolute Gasteiger partial charge is 0.359 e. The fourth-order valence-electron chi connectivity index (χ4n) is 3.44. The highest BCUT2D eigenvalue weighted by Gasteiger charge is 2.21. The van der Waals surface area contributed by atoms with Gasteiger partial charge >= 0.3 is 5.97 Å². The monoisotopic (exact) mass is 411 g/mol. The van der Waals surface area contributed by atoms with Crippen LogP contribution in [-0.2, 0) is 16.0 Å². The topological polar surface area (TPSA) is 83.6 Å². The van der Waals surface area contributed by atoms with Crippen LogP contribution in [0.3, 0.4) is 0 Å². The molecule has 1 aromatic carbocycles. The van der Waals surface area contributed by atoms with Crippen LogP contribution in [0.1, 0.15) is 29.4 Å². The fraction of sp³-hybridized carbons (Fsp3) is 0.500. The van der Waals surface area contributed by atoms with Crippen molar-refractivity contribution in [2.75, 3.05) is 52.5 Å². The van der Waals surface area contributed by atoms with Crippen molar-refractivity contribution >= 4 is 5.97 Å². The second-order valence-corrected chi connectivity index (χ2v) is 7.14. The molecule has 30 heavy (non-hydrogen) atoms. The van der Waals surface area contributed by atoms with Crippen LogP contribution in [0.2, 0.25) is 0 Å². The average Bonchev–Trinajstić information content (AvgIpc) is 3.21. The zero-order chi connectivity index (χ0) is 21.2. The van der Waals surface area contributed by atoms with Gasteiger partial charge in [0.2, 0.25) is 0 Å². The molecule has 0 unspecified atom stereocenters. The van der Waals surface area contributed by atoms with Crippen molar-refractivity contribution in [3.8, 4) is 11.8 Å². The predicted octanol–water partition coefficient (Wildman–Crippen LogP) is 2.10. The zero-order valence-electron chi connectivity index (χ0n) is 17.5. The first kappa shape index (κ1) is 22.0. The van der Waals surface area contributed by atoms with Crippen molar-refractivity contribution in [3.05, 3.63) is 47.8 Å². The summed E-state index contributed by atoms with van der Waals surface area (Å²) < 4.78 is 12.4. The lowest BCUT2D eigenvalue weighted by molar-refractivity contribution is 0.0329. The van der Waals surface area contributed by atoms with Gasteiger partial charge in [0.25, 0.3) is 0 Å². The number of nitriles is 1. The number of rotatable bonds is 10. The Morgan fingerprint density at radius 3 is 2.73 bits per heavy atom. The molecule has 1 aliphatic heterocycles. The average molecular weight is 412 g/mol. The molecule has 1 saturated heterocycles. The number of morpholine rings is 1. The lowest BCUT2D eigenvalue weighted by Crippen LogP contribution is -2.41. The molecular weight excluding hydrogens is 382 g/mol. The summed E-state index contributed by atoms with van der Waals surface area (Å²) in [6.45, 7) is 8.32. The van der Waals surface area contributed by atoms with Crippen molar-refractivity contribution < 1.29 is 14.3 Å². The van der Waals surface area contributed by atoms with Gasteiger partial charge in [0.1, 0.15) is 0 Å². The third-order valence-corrected chi connectivity index (χ3v) is 5.05. The van der Waals surface area contributed by atoms with Crippen LogP contribution in [0.15, 0.2) is 36.5 Å². The maximum absolute atomic E-state index is 12.5. The minimum atomic E-state index is -0.421. The van der Waals surface area contributed by atoms with Gasteiger partial charge in [-0.05, 0) is 19.1 Å². The van der Waals surface area contributed by atoms with Crippen LogP contribution in [0.5, 0.6) is 0 Å². The lowest BCUT2D eigenvalue weighted by atomic mass is 10.2. The largest absolute Gasteiger partial charge is 0.461 e. The third-order valence-electron chi connectivity index (χ3n) is 5.05. The molecule has 1 fully saturated rings. The number of hydrogen-bond acceptors (Lipinski definition) is 7. The van der Waals surface area contributed by atoms with Crippen molar-refractivity contribution in [1.82, 2.24) is 19.6 Å². The maximum atomic E-state index is 12.5. The molecule has 0 amide bonds. The number of carbonyl (C=O) groups is 1. The van der Waals surface area contributed by atoms with Gasteiger partial charge in [0, 0.05) is 57.4 Å². The van der Waals surface area contributed by atoms with Gasteiger partial charge in [0.05, 0.1) is 31.6 Å². The summed E-state index contributed by atoms with van der Waals surface area (Å²) >= 11 is 0. The van der Waals surface area contributed by atoms with Crippen molar-refractivity contribution in [3.63, 3.8) is 0 Å². The summed E-state index contributed by atoms with van der Waals surface area (Å²) in [5.41, 5.74) is 2.01. The van der Waals surface area contributed by atoms with E-state index in [1.807, 2.05) is 36.5 Å². The van der Waals surface area contributed by atoms with Crippen LogP contribution in [-0.4, -0.2) is 78.1 Å². The molecule has 0 radical (unpaired) electrons. The number of esters is 1. The SMILES string of the molecule is CCOC(=O)c1nn(-c2ccccc2)cc1CN(CCC#N)CCN1CCOCC1. The normalized spacial score (nSPS) is 14.6. The van der Waals surface area contributed by atoms with Crippen LogP contribution in [0.4, 0.5) is 0 Å². The van der Waals surface area contributed by atoms with E-state index in [2.05, 4.69) is 21.0 Å². The molecule has 0 spiro atoms. The summed E-state index contributed by atoms with van der Waals surface area (Å²) in [5, 5.41) is 13.6. The van der Waals surface area contributed by atoms with E-state index < -0.39 is 5.97 Å². The summed E-state index contributed by atoms with van der Waals surface area (Å²) in [5.74, 6) is -0.421. The first-order valence-electron chi connectivity index (χ1n) is 10.4. The molecular formula is C22H29N5O3. The quantitative estimate of drug-likeness (QED) is 0.554. The highest BCUT2D eigenvalue weighted by atomic mass is 16.5. The van der Waals surface area contributed by atoms with Crippen molar-refractivity contribution in [1.29, 1.82) is 5.26 Å². The first-order chi connectivity index (χ1) is 14.7. The molecule has 160 valence electrons. The summed E-state index contributed by atoms with van der Waals surface area (Å²) in [7, 11) is 0. The summed E-state index contributed by atoms with van der Waals surface area (Å²) in [6.07, 6.45) is 2.32. The fourth-order valence-corrected chi connectivity index (χ4v) is 3.44. The van der Waals surface area contributed by atoms with E-state index in [-0.39, 0.29) is 0 Å². The summed E-state index contributed by atoms with van der Waals surface area (Å²) in [4.78, 5) is 17.1. The number of benzene rings is 1. The number of carbonyl (C=O) groups excluding carboxylic acids is 1. The van der Waals surface area contributed by atoms with Crippen molar-refractivity contribution in [2.45, 2.75) is 19.9 Å². The Labute approximate surface area is 177 Å². The van der Waals surface area contributed by atoms with Gasteiger partial charge in [-0.3, -0.25) is 9.80 Å². The van der Waals surface area contributed by atoms with Crippen LogP contribution in [0, 0.1) is 11.3 Å². The van der Waals surface area contributed by atoms with E-state index in [1.54, 1.807) is 11.6 Å². The Hall–Kier alpha value is -2.73. The van der Waals surface area contributed by atoms with Gasteiger partial charge in [-0.15, -0.1) is 0 Å². The number of hydrogen-bond donors (Lipinski definition) is 0. The molecule has 1 aliphatic rings. The van der Waals surface area contributed by atoms with Crippen LogP contribution in [0.25, 0.3) is 5.69 Å². The molecule has 0 saturated carbocycles. The molecule has 0 atom stereocenters. The molecule has 2 aromatic rings.